The van der Waals surface area contributed by atoms with Crippen LogP contribution in [0.5, 0.6) is 0 Å². The molecule has 1 atom stereocenters. The Balaban J connectivity index is 3.88. The highest BCUT2D eigenvalue weighted by atomic mass is 16.7. The molecule has 17 heavy (non-hydrogen) atoms. The zero-order valence-corrected chi connectivity index (χ0v) is 12.7. The Labute approximate surface area is 108 Å². The molecule has 0 rings (SSSR count). The number of hydrogen-bond donors (Lipinski definition) is 0. The van der Waals surface area contributed by atoms with Gasteiger partial charge in [-0.15, -0.1) is 0 Å². The molecule has 0 radical (unpaired) electrons. The predicted octanol–water partition coefficient (Wildman–Crippen LogP) is 4.48. The van der Waals surface area contributed by atoms with Gasteiger partial charge in [0.1, 0.15) is 0 Å². The van der Waals surface area contributed by atoms with Gasteiger partial charge in [0.25, 0.3) is 0 Å². The summed E-state index contributed by atoms with van der Waals surface area (Å²) in [5, 5.41) is 0. The molecule has 0 fully saturated rings. The molecular weight excluding hydrogens is 212 g/mol. The van der Waals surface area contributed by atoms with Crippen molar-refractivity contribution >= 4 is 0 Å². The van der Waals surface area contributed by atoms with Crippen LogP contribution in [-0.2, 0) is 9.47 Å². The summed E-state index contributed by atoms with van der Waals surface area (Å²) in [6.45, 7) is 14.9. The van der Waals surface area contributed by atoms with Crippen molar-refractivity contribution in [1.29, 1.82) is 0 Å². The molecule has 2 heteroatoms. The van der Waals surface area contributed by atoms with E-state index in [-0.39, 0.29) is 6.29 Å². The summed E-state index contributed by atoms with van der Waals surface area (Å²) in [7, 11) is 0. The van der Waals surface area contributed by atoms with Crippen LogP contribution < -0.4 is 0 Å². The molecule has 0 aromatic carbocycles. The smallest absolute Gasteiger partial charge is 0.160 e. The van der Waals surface area contributed by atoms with Gasteiger partial charge in [0.05, 0.1) is 0 Å². The van der Waals surface area contributed by atoms with E-state index in [0.29, 0.717) is 17.8 Å². The van der Waals surface area contributed by atoms with Crippen molar-refractivity contribution in [3.05, 3.63) is 0 Å². The van der Waals surface area contributed by atoms with E-state index < -0.39 is 0 Å². The third-order valence-electron chi connectivity index (χ3n) is 3.06. The fourth-order valence-electron chi connectivity index (χ4n) is 1.41. The van der Waals surface area contributed by atoms with Crippen LogP contribution in [-0.4, -0.2) is 19.5 Å². The Morgan fingerprint density at radius 2 is 1.18 bits per heavy atom. The van der Waals surface area contributed by atoms with E-state index in [1.807, 2.05) is 0 Å². The van der Waals surface area contributed by atoms with E-state index in [2.05, 4.69) is 41.5 Å². The van der Waals surface area contributed by atoms with Gasteiger partial charge in [0.15, 0.2) is 6.29 Å². The van der Waals surface area contributed by atoms with E-state index in [0.717, 1.165) is 32.5 Å². The highest BCUT2D eigenvalue weighted by Gasteiger charge is 2.17. The molecule has 0 amide bonds. The zero-order chi connectivity index (χ0) is 13.3. The third kappa shape index (κ3) is 9.61. The van der Waals surface area contributed by atoms with Gasteiger partial charge in [0, 0.05) is 19.1 Å². The van der Waals surface area contributed by atoms with E-state index in [9.17, 15) is 0 Å². The summed E-state index contributed by atoms with van der Waals surface area (Å²) in [6.07, 6.45) is 3.31. The van der Waals surface area contributed by atoms with Crippen molar-refractivity contribution < 1.29 is 9.47 Å². The molecule has 0 N–H and O–H groups in total. The predicted molar refractivity (Wildman–Crippen MR) is 74.1 cm³/mol. The maximum absolute atomic E-state index is 5.87. The van der Waals surface area contributed by atoms with E-state index >= 15 is 0 Å². The first kappa shape index (κ1) is 16.9. The Bertz CT molecular complexity index is 152. The molecule has 0 aliphatic heterocycles. The first-order valence-corrected chi connectivity index (χ1v) is 7.20. The van der Waals surface area contributed by atoms with Crippen molar-refractivity contribution in [2.24, 2.45) is 17.8 Å². The fraction of sp³-hybridized carbons (Fsp3) is 1.00. The minimum atomic E-state index is -0.0162. The lowest BCUT2D eigenvalue weighted by molar-refractivity contribution is -0.172. The van der Waals surface area contributed by atoms with Crippen LogP contribution in [0.4, 0.5) is 0 Å². The van der Waals surface area contributed by atoms with E-state index in [4.69, 9.17) is 9.47 Å². The minimum Gasteiger partial charge on any atom is -0.352 e. The van der Waals surface area contributed by atoms with Crippen LogP contribution in [0.25, 0.3) is 0 Å². The quantitative estimate of drug-likeness (QED) is 0.527. The molecular formula is C15H32O2. The summed E-state index contributed by atoms with van der Waals surface area (Å²) in [5.41, 5.74) is 0. The maximum atomic E-state index is 5.87. The molecule has 2 nitrogen and oxygen atoms in total. The summed E-state index contributed by atoms with van der Waals surface area (Å²) in [4.78, 5) is 0. The summed E-state index contributed by atoms with van der Waals surface area (Å²) in [5.74, 6) is 1.88. The zero-order valence-electron chi connectivity index (χ0n) is 12.7. The summed E-state index contributed by atoms with van der Waals surface area (Å²) in [6, 6.07) is 0. The van der Waals surface area contributed by atoms with Crippen molar-refractivity contribution in [1.82, 2.24) is 0 Å². The van der Waals surface area contributed by atoms with Crippen LogP contribution in [0, 0.1) is 17.8 Å². The SMILES string of the molecule is CCC(C)C(OCCC(C)C)OCCC(C)C. The van der Waals surface area contributed by atoms with Gasteiger partial charge in [-0.05, 0) is 31.1 Å². The van der Waals surface area contributed by atoms with Crippen LogP contribution in [0.1, 0.15) is 60.8 Å². The summed E-state index contributed by atoms with van der Waals surface area (Å²) >= 11 is 0. The van der Waals surface area contributed by atoms with Crippen LogP contribution in [0.3, 0.4) is 0 Å². The Kier molecular flexibility index (Phi) is 9.85. The second-order valence-electron chi connectivity index (χ2n) is 5.86. The van der Waals surface area contributed by atoms with Crippen molar-refractivity contribution in [2.75, 3.05) is 13.2 Å². The van der Waals surface area contributed by atoms with Crippen LogP contribution >= 0.6 is 0 Å². The van der Waals surface area contributed by atoms with Gasteiger partial charge in [-0.1, -0.05) is 41.5 Å². The van der Waals surface area contributed by atoms with Gasteiger partial charge in [-0.2, -0.15) is 0 Å². The molecule has 0 aromatic heterocycles. The Morgan fingerprint density at radius 1 is 0.765 bits per heavy atom. The molecule has 0 bridgehead atoms. The monoisotopic (exact) mass is 244 g/mol. The largest absolute Gasteiger partial charge is 0.352 e. The average molecular weight is 244 g/mol. The average Bonchev–Trinajstić information content (AvgIpc) is 2.25. The molecule has 0 heterocycles. The fourth-order valence-corrected chi connectivity index (χ4v) is 1.41. The van der Waals surface area contributed by atoms with Crippen LogP contribution in [0.2, 0.25) is 0 Å². The minimum absolute atomic E-state index is 0.0162. The first-order chi connectivity index (χ1) is 7.97. The van der Waals surface area contributed by atoms with Gasteiger partial charge in [-0.3, -0.25) is 0 Å². The molecule has 0 spiro atoms. The lowest BCUT2D eigenvalue weighted by Gasteiger charge is -2.24. The second kappa shape index (κ2) is 9.90. The van der Waals surface area contributed by atoms with Gasteiger partial charge >= 0.3 is 0 Å². The Morgan fingerprint density at radius 3 is 1.47 bits per heavy atom. The van der Waals surface area contributed by atoms with Crippen molar-refractivity contribution in [3.63, 3.8) is 0 Å². The number of ether oxygens (including phenoxy) is 2. The van der Waals surface area contributed by atoms with Crippen molar-refractivity contribution in [3.8, 4) is 0 Å². The molecule has 1 unspecified atom stereocenters. The maximum Gasteiger partial charge on any atom is 0.160 e. The number of hydrogen-bond acceptors (Lipinski definition) is 2. The third-order valence-corrected chi connectivity index (χ3v) is 3.06. The molecule has 104 valence electrons. The standard InChI is InChI=1S/C15H32O2/c1-7-14(6)15(16-10-8-12(2)3)17-11-9-13(4)5/h12-15H,7-11H2,1-6H3. The highest BCUT2D eigenvalue weighted by molar-refractivity contribution is 4.57. The molecule has 0 saturated heterocycles. The molecule has 0 aromatic rings. The van der Waals surface area contributed by atoms with E-state index in [1.54, 1.807) is 0 Å². The van der Waals surface area contributed by atoms with Crippen molar-refractivity contribution in [2.45, 2.75) is 67.1 Å². The molecule has 0 aliphatic rings. The van der Waals surface area contributed by atoms with E-state index in [1.165, 1.54) is 0 Å². The van der Waals surface area contributed by atoms with Gasteiger partial charge < -0.3 is 9.47 Å². The number of rotatable bonds is 10. The summed E-state index contributed by atoms with van der Waals surface area (Å²) < 4.78 is 11.7. The topological polar surface area (TPSA) is 18.5 Å². The highest BCUT2D eigenvalue weighted by Crippen LogP contribution is 2.15. The Hall–Kier alpha value is -0.0800. The van der Waals surface area contributed by atoms with Gasteiger partial charge in [0.2, 0.25) is 0 Å². The molecule has 0 aliphatic carbocycles. The second-order valence-corrected chi connectivity index (χ2v) is 5.86. The normalized spacial score (nSPS) is 13.9. The van der Waals surface area contributed by atoms with Crippen LogP contribution in [0.15, 0.2) is 0 Å². The lowest BCUT2D eigenvalue weighted by atomic mass is 10.1. The molecule has 0 saturated carbocycles. The van der Waals surface area contributed by atoms with Gasteiger partial charge in [-0.25, -0.2) is 0 Å². The first-order valence-electron chi connectivity index (χ1n) is 7.20. The lowest BCUT2D eigenvalue weighted by Crippen LogP contribution is -2.26.